The molecule has 16 heteroatoms. The molecule has 0 bridgehead atoms. The molecule has 1 spiro atoms. The molecule has 38 heavy (non-hydrogen) atoms. The SMILES string of the molecule is O=C(O)C(F)(F)F.O=C(O)C(F)(F)F.c1coc(CN2CCOCC3(CCC(CN4CCOCC4)O3)C2)c1. The molecule has 0 amide bonds. The van der Waals surface area contributed by atoms with Crippen molar-refractivity contribution in [1.82, 2.24) is 9.80 Å². The molecule has 218 valence electrons. The molecule has 1 aromatic rings. The van der Waals surface area contributed by atoms with Gasteiger partial charge in [-0.05, 0) is 25.0 Å². The number of alkyl halides is 6. The van der Waals surface area contributed by atoms with Gasteiger partial charge >= 0.3 is 24.3 Å². The average molecular weight is 564 g/mol. The van der Waals surface area contributed by atoms with Gasteiger partial charge in [0.05, 0.1) is 45.3 Å². The van der Waals surface area contributed by atoms with Crippen molar-refractivity contribution in [3.8, 4) is 0 Å². The molecule has 3 fully saturated rings. The molecule has 4 heterocycles. The van der Waals surface area contributed by atoms with Crippen molar-refractivity contribution in [2.75, 3.05) is 59.2 Å². The topological polar surface area (TPSA) is 122 Å². The van der Waals surface area contributed by atoms with Gasteiger partial charge in [0.1, 0.15) is 11.4 Å². The van der Waals surface area contributed by atoms with E-state index in [1.807, 2.05) is 12.1 Å². The molecule has 3 aliphatic rings. The van der Waals surface area contributed by atoms with Crippen molar-refractivity contribution in [2.45, 2.75) is 43.4 Å². The first-order chi connectivity index (χ1) is 17.7. The van der Waals surface area contributed by atoms with Crippen LogP contribution in [0.3, 0.4) is 0 Å². The number of furan rings is 1. The summed E-state index contributed by atoms with van der Waals surface area (Å²) in [5, 5.41) is 14.2. The van der Waals surface area contributed by atoms with Crippen molar-refractivity contribution in [3.63, 3.8) is 0 Å². The molecule has 2 N–H and O–H groups in total. The molecule has 2 atom stereocenters. The lowest BCUT2D eigenvalue weighted by molar-refractivity contribution is -0.193. The van der Waals surface area contributed by atoms with Gasteiger partial charge in [-0.2, -0.15) is 26.3 Å². The van der Waals surface area contributed by atoms with Crippen molar-refractivity contribution in [1.29, 1.82) is 0 Å². The van der Waals surface area contributed by atoms with Gasteiger partial charge in [-0.25, -0.2) is 9.59 Å². The smallest absolute Gasteiger partial charge is 0.475 e. The standard InChI is InChI=1S/C18H28N2O4.2C2HF3O2/c1-2-16(23-8-1)12-20-7-11-22-15-18(14-20)4-3-17(24-18)13-19-5-9-21-10-6-19;2*3-2(4,5)1(6)7/h1-2,8,17H,3-7,9-15H2;2*(H,6,7). The summed E-state index contributed by atoms with van der Waals surface area (Å²) in [6.07, 6.45) is -5.91. The molecule has 3 aliphatic heterocycles. The summed E-state index contributed by atoms with van der Waals surface area (Å²) in [6.45, 7) is 8.91. The van der Waals surface area contributed by atoms with E-state index in [-0.39, 0.29) is 5.60 Å². The van der Waals surface area contributed by atoms with Crippen LogP contribution in [0.15, 0.2) is 22.8 Å². The van der Waals surface area contributed by atoms with Crippen LogP contribution >= 0.6 is 0 Å². The third kappa shape index (κ3) is 11.1. The Morgan fingerprint density at radius 2 is 1.50 bits per heavy atom. The second kappa shape index (κ2) is 14.1. The zero-order chi connectivity index (χ0) is 28.4. The maximum atomic E-state index is 10.6. The Balaban J connectivity index is 0.000000301. The van der Waals surface area contributed by atoms with E-state index in [1.54, 1.807) is 6.26 Å². The Hall–Kier alpha value is -2.40. The third-order valence-corrected chi connectivity index (χ3v) is 5.78. The number of carbonyl (C=O) groups is 2. The van der Waals surface area contributed by atoms with Crippen molar-refractivity contribution in [3.05, 3.63) is 24.2 Å². The van der Waals surface area contributed by atoms with E-state index >= 15 is 0 Å². The van der Waals surface area contributed by atoms with Crippen LogP contribution in [0.4, 0.5) is 26.3 Å². The fourth-order valence-corrected chi connectivity index (χ4v) is 4.06. The number of hydrogen-bond donors (Lipinski definition) is 2. The van der Waals surface area contributed by atoms with Crippen LogP contribution in [-0.2, 0) is 30.3 Å². The highest BCUT2D eigenvalue weighted by Crippen LogP contribution is 2.34. The van der Waals surface area contributed by atoms with Gasteiger partial charge in [0.2, 0.25) is 0 Å². The molecule has 0 saturated carbocycles. The quantitative estimate of drug-likeness (QED) is 0.528. The van der Waals surface area contributed by atoms with Gasteiger partial charge < -0.3 is 28.8 Å². The van der Waals surface area contributed by atoms with Crippen molar-refractivity contribution >= 4 is 11.9 Å². The number of halogens is 6. The molecule has 0 aliphatic carbocycles. The summed E-state index contributed by atoms with van der Waals surface area (Å²) in [4.78, 5) is 22.7. The van der Waals surface area contributed by atoms with E-state index < -0.39 is 24.3 Å². The first-order valence-corrected chi connectivity index (χ1v) is 11.6. The number of rotatable bonds is 4. The molecule has 3 saturated heterocycles. The van der Waals surface area contributed by atoms with Crippen molar-refractivity contribution in [2.24, 2.45) is 0 Å². The first kappa shape index (κ1) is 31.8. The van der Waals surface area contributed by atoms with E-state index in [0.29, 0.717) is 12.7 Å². The van der Waals surface area contributed by atoms with E-state index in [2.05, 4.69) is 9.80 Å². The van der Waals surface area contributed by atoms with Gasteiger partial charge in [-0.1, -0.05) is 0 Å². The summed E-state index contributed by atoms with van der Waals surface area (Å²) in [7, 11) is 0. The number of carboxylic acids is 2. The molecule has 0 aromatic carbocycles. The lowest BCUT2D eigenvalue weighted by Gasteiger charge is -2.33. The van der Waals surface area contributed by atoms with Gasteiger partial charge in [-0.3, -0.25) is 9.80 Å². The number of ether oxygens (including phenoxy) is 3. The maximum absolute atomic E-state index is 10.6. The van der Waals surface area contributed by atoms with Gasteiger partial charge in [0.15, 0.2) is 0 Å². The Morgan fingerprint density at radius 3 is 2.03 bits per heavy atom. The highest BCUT2D eigenvalue weighted by atomic mass is 19.4. The number of hydrogen-bond acceptors (Lipinski definition) is 8. The third-order valence-electron chi connectivity index (χ3n) is 5.78. The van der Waals surface area contributed by atoms with Gasteiger partial charge in [0.25, 0.3) is 0 Å². The molecule has 10 nitrogen and oxygen atoms in total. The Kier molecular flexibility index (Phi) is 11.8. The highest BCUT2D eigenvalue weighted by molar-refractivity contribution is 5.73. The van der Waals surface area contributed by atoms with Gasteiger partial charge in [0, 0.05) is 32.7 Å². The van der Waals surface area contributed by atoms with E-state index in [1.165, 1.54) is 0 Å². The summed E-state index contributed by atoms with van der Waals surface area (Å²) in [6, 6.07) is 3.99. The summed E-state index contributed by atoms with van der Waals surface area (Å²) in [5.41, 5.74) is -0.153. The van der Waals surface area contributed by atoms with Crippen LogP contribution in [0.1, 0.15) is 18.6 Å². The van der Waals surface area contributed by atoms with Gasteiger partial charge in [-0.15, -0.1) is 0 Å². The molecule has 4 rings (SSSR count). The zero-order valence-electron chi connectivity index (χ0n) is 20.3. The fraction of sp³-hybridized carbons (Fsp3) is 0.727. The van der Waals surface area contributed by atoms with E-state index in [9.17, 15) is 26.3 Å². The predicted octanol–water partition coefficient (Wildman–Crippen LogP) is 2.63. The second-order valence-corrected chi connectivity index (χ2v) is 8.82. The average Bonchev–Trinajstić information content (AvgIpc) is 3.42. The van der Waals surface area contributed by atoms with Crippen LogP contribution in [0.2, 0.25) is 0 Å². The second-order valence-electron chi connectivity index (χ2n) is 8.82. The predicted molar refractivity (Wildman–Crippen MR) is 116 cm³/mol. The number of morpholine rings is 1. The highest BCUT2D eigenvalue weighted by Gasteiger charge is 2.43. The van der Waals surface area contributed by atoms with Crippen LogP contribution in [0.5, 0.6) is 0 Å². The minimum absolute atomic E-state index is 0.153. The fourth-order valence-electron chi connectivity index (χ4n) is 4.06. The van der Waals surface area contributed by atoms with Crippen LogP contribution < -0.4 is 0 Å². The van der Waals surface area contributed by atoms with Crippen LogP contribution in [0, 0.1) is 0 Å². The molecule has 2 unspecified atom stereocenters. The monoisotopic (exact) mass is 564 g/mol. The van der Waals surface area contributed by atoms with E-state index in [4.69, 9.17) is 38.4 Å². The molecular formula is C22H30F6N2O8. The maximum Gasteiger partial charge on any atom is 0.490 e. The number of carboxylic acid groups (broad SMARTS) is 2. The van der Waals surface area contributed by atoms with Crippen LogP contribution in [0.25, 0.3) is 0 Å². The Labute approximate surface area is 214 Å². The summed E-state index contributed by atoms with van der Waals surface area (Å²) in [5.74, 6) is -4.50. The minimum Gasteiger partial charge on any atom is -0.475 e. The Morgan fingerprint density at radius 1 is 0.947 bits per heavy atom. The molecule has 1 aromatic heterocycles. The summed E-state index contributed by atoms with van der Waals surface area (Å²) >= 11 is 0. The normalized spacial score (nSPS) is 25.1. The first-order valence-electron chi connectivity index (χ1n) is 11.6. The Bertz CT molecular complexity index is 837. The lowest BCUT2D eigenvalue weighted by atomic mass is 10.00. The molecular weight excluding hydrogens is 534 g/mol. The number of aliphatic carboxylic acids is 2. The minimum atomic E-state index is -5.08. The zero-order valence-corrected chi connectivity index (χ0v) is 20.3. The lowest BCUT2D eigenvalue weighted by Crippen LogP contribution is -2.46. The van der Waals surface area contributed by atoms with Crippen LogP contribution in [-0.4, -0.2) is 115 Å². The largest absolute Gasteiger partial charge is 0.490 e. The summed E-state index contributed by atoms with van der Waals surface area (Å²) < 4.78 is 86.8. The van der Waals surface area contributed by atoms with E-state index in [0.717, 1.165) is 77.7 Å². The molecule has 0 radical (unpaired) electrons. The number of nitrogens with zero attached hydrogens (tertiary/aromatic N) is 2. The van der Waals surface area contributed by atoms with Crippen molar-refractivity contribution < 1.29 is 64.8 Å².